The molecule has 102 valence electrons. The molecule has 4 heteroatoms. The Morgan fingerprint density at radius 3 is 2.95 bits per heavy atom. The Morgan fingerprint density at radius 2 is 2.10 bits per heavy atom. The van der Waals surface area contributed by atoms with Crippen LogP contribution in [0, 0.1) is 0 Å². The number of nitrogens with one attached hydrogen (secondary N) is 1. The van der Waals surface area contributed by atoms with Gasteiger partial charge in [0.05, 0.1) is 6.42 Å². The van der Waals surface area contributed by atoms with Gasteiger partial charge >= 0.3 is 0 Å². The molecule has 1 aromatic carbocycles. The molecule has 2 aromatic rings. The van der Waals surface area contributed by atoms with Gasteiger partial charge < -0.3 is 10.2 Å². The maximum absolute atomic E-state index is 12.4. The van der Waals surface area contributed by atoms with Crippen molar-refractivity contribution < 1.29 is 4.79 Å². The second-order valence-electron chi connectivity index (χ2n) is 4.94. The van der Waals surface area contributed by atoms with E-state index in [1.54, 1.807) is 6.20 Å². The molecule has 0 saturated heterocycles. The summed E-state index contributed by atoms with van der Waals surface area (Å²) in [5.74, 6) is 0.169. The average Bonchev–Trinajstić information content (AvgIpc) is 2.47. The number of fused-ring (bicyclic) bond motifs is 1. The molecule has 1 N–H and O–H groups in total. The number of pyridine rings is 1. The van der Waals surface area contributed by atoms with Crippen molar-refractivity contribution in [3.63, 3.8) is 0 Å². The molecule has 20 heavy (non-hydrogen) atoms. The summed E-state index contributed by atoms with van der Waals surface area (Å²) >= 11 is 0. The van der Waals surface area contributed by atoms with Gasteiger partial charge in [-0.05, 0) is 23.3 Å². The molecule has 0 radical (unpaired) electrons. The van der Waals surface area contributed by atoms with Gasteiger partial charge in [0.15, 0.2) is 0 Å². The summed E-state index contributed by atoms with van der Waals surface area (Å²) in [6.07, 6.45) is 4.01. The fourth-order valence-corrected chi connectivity index (χ4v) is 2.45. The summed E-state index contributed by atoms with van der Waals surface area (Å²) < 4.78 is 0. The quantitative estimate of drug-likeness (QED) is 0.906. The van der Waals surface area contributed by atoms with Gasteiger partial charge in [-0.25, -0.2) is 0 Å². The third-order valence-electron chi connectivity index (χ3n) is 3.51. The van der Waals surface area contributed by atoms with E-state index in [9.17, 15) is 4.79 Å². The third kappa shape index (κ3) is 2.79. The van der Waals surface area contributed by atoms with Crippen molar-refractivity contribution in [2.24, 2.45) is 0 Å². The first-order chi connectivity index (χ1) is 9.83. The molecule has 1 aromatic heterocycles. The van der Waals surface area contributed by atoms with E-state index in [1.807, 2.05) is 47.5 Å². The molecule has 0 spiro atoms. The van der Waals surface area contributed by atoms with Gasteiger partial charge in [-0.2, -0.15) is 0 Å². The van der Waals surface area contributed by atoms with Crippen molar-refractivity contribution >= 4 is 11.6 Å². The molecule has 1 amide bonds. The van der Waals surface area contributed by atoms with E-state index < -0.39 is 0 Å². The Bertz CT molecular complexity index is 598. The van der Waals surface area contributed by atoms with Crippen LogP contribution in [0.5, 0.6) is 0 Å². The van der Waals surface area contributed by atoms with Gasteiger partial charge in [-0.15, -0.1) is 0 Å². The molecule has 0 fully saturated rings. The lowest BCUT2D eigenvalue weighted by atomic mass is 10.1. The first-order valence-electron chi connectivity index (χ1n) is 6.81. The van der Waals surface area contributed by atoms with Crippen molar-refractivity contribution in [3.8, 4) is 0 Å². The van der Waals surface area contributed by atoms with Crippen molar-refractivity contribution in [1.82, 2.24) is 9.88 Å². The van der Waals surface area contributed by atoms with Crippen LogP contribution < -0.4 is 5.32 Å². The number of benzene rings is 1. The minimum atomic E-state index is 0.169. The van der Waals surface area contributed by atoms with Gasteiger partial charge in [0.2, 0.25) is 5.91 Å². The second kappa shape index (κ2) is 5.74. The van der Waals surface area contributed by atoms with Crippen molar-refractivity contribution in [2.75, 3.05) is 18.4 Å². The molecule has 1 aliphatic heterocycles. The fraction of sp³-hybridized carbons (Fsp3) is 0.250. The number of anilines is 1. The van der Waals surface area contributed by atoms with Gasteiger partial charge in [-0.3, -0.25) is 9.78 Å². The van der Waals surface area contributed by atoms with Crippen LogP contribution in [0.1, 0.15) is 11.1 Å². The predicted molar refractivity (Wildman–Crippen MR) is 78.3 cm³/mol. The fourth-order valence-electron chi connectivity index (χ4n) is 2.45. The molecule has 0 unspecified atom stereocenters. The molecule has 0 atom stereocenters. The van der Waals surface area contributed by atoms with Crippen LogP contribution in [0.3, 0.4) is 0 Å². The SMILES string of the molecule is O=C1Cc2ccccc2NCCN1Cc1cccnc1. The highest BCUT2D eigenvalue weighted by atomic mass is 16.2. The van der Waals surface area contributed by atoms with Crippen molar-refractivity contribution in [2.45, 2.75) is 13.0 Å². The minimum absolute atomic E-state index is 0.169. The third-order valence-corrected chi connectivity index (χ3v) is 3.51. The average molecular weight is 267 g/mol. The number of hydrogen-bond donors (Lipinski definition) is 1. The molecular formula is C16H17N3O. The maximum Gasteiger partial charge on any atom is 0.227 e. The largest absolute Gasteiger partial charge is 0.383 e. The van der Waals surface area contributed by atoms with Crippen LogP contribution in [0.2, 0.25) is 0 Å². The summed E-state index contributed by atoms with van der Waals surface area (Å²) in [4.78, 5) is 18.4. The molecule has 0 aliphatic carbocycles. The summed E-state index contributed by atoms with van der Waals surface area (Å²) in [7, 11) is 0. The number of amides is 1. The van der Waals surface area contributed by atoms with Gasteiger partial charge in [0.25, 0.3) is 0 Å². The number of hydrogen-bond acceptors (Lipinski definition) is 3. The highest BCUT2D eigenvalue weighted by Gasteiger charge is 2.18. The van der Waals surface area contributed by atoms with Crippen molar-refractivity contribution in [1.29, 1.82) is 0 Å². The highest BCUT2D eigenvalue weighted by molar-refractivity contribution is 5.81. The molecule has 1 aliphatic rings. The Morgan fingerprint density at radius 1 is 1.20 bits per heavy atom. The zero-order valence-electron chi connectivity index (χ0n) is 11.2. The number of rotatable bonds is 2. The lowest BCUT2D eigenvalue weighted by Crippen LogP contribution is -2.37. The molecule has 3 rings (SSSR count). The number of aromatic nitrogens is 1. The van der Waals surface area contributed by atoms with E-state index in [1.165, 1.54) is 0 Å². The molecule has 2 heterocycles. The van der Waals surface area contributed by atoms with E-state index in [0.717, 1.165) is 23.4 Å². The normalized spacial score (nSPS) is 15.0. The first-order valence-corrected chi connectivity index (χ1v) is 6.81. The summed E-state index contributed by atoms with van der Waals surface area (Å²) in [5, 5.41) is 3.39. The predicted octanol–water partition coefficient (Wildman–Crippen LogP) is 2.08. The summed E-state index contributed by atoms with van der Waals surface area (Å²) in [5.41, 5.74) is 3.20. The van der Waals surface area contributed by atoms with E-state index in [0.29, 0.717) is 19.5 Å². The summed E-state index contributed by atoms with van der Waals surface area (Å²) in [6, 6.07) is 11.9. The second-order valence-corrected chi connectivity index (χ2v) is 4.94. The Labute approximate surface area is 118 Å². The number of carbonyl (C=O) groups excluding carboxylic acids is 1. The summed E-state index contributed by atoms with van der Waals surface area (Å²) in [6.45, 7) is 2.10. The van der Waals surface area contributed by atoms with Crippen LogP contribution in [0.4, 0.5) is 5.69 Å². The standard InChI is InChI=1S/C16H17N3O/c20-16-10-14-5-1-2-6-15(14)18-8-9-19(16)12-13-4-3-7-17-11-13/h1-7,11,18H,8-10,12H2. The Hall–Kier alpha value is -2.36. The van der Waals surface area contributed by atoms with Gasteiger partial charge in [0, 0.05) is 37.7 Å². The number of para-hydroxylation sites is 1. The zero-order valence-corrected chi connectivity index (χ0v) is 11.2. The number of carbonyl (C=O) groups is 1. The molecule has 0 bridgehead atoms. The van der Waals surface area contributed by atoms with Gasteiger partial charge in [0.1, 0.15) is 0 Å². The van der Waals surface area contributed by atoms with Crippen LogP contribution in [-0.4, -0.2) is 28.9 Å². The molecule has 4 nitrogen and oxygen atoms in total. The monoisotopic (exact) mass is 267 g/mol. The van der Waals surface area contributed by atoms with Gasteiger partial charge in [-0.1, -0.05) is 24.3 Å². The molecular weight excluding hydrogens is 250 g/mol. The Kier molecular flexibility index (Phi) is 3.63. The zero-order chi connectivity index (χ0) is 13.8. The van der Waals surface area contributed by atoms with E-state index >= 15 is 0 Å². The van der Waals surface area contributed by atoms with Crippen LogP contribution in [-0.2, 0) is 17.8 Å². The number of nitrogens with zero attached hydrogens (tertiary/aromatic N) is 2. The highest BCUT2D eigenvalue weighted by Crippen LogP contribution is 2.19. The van der Waals surface area contributed by atoms with Crippen molar-refractivity contribution in [3.05, 3.63) is 59.9 Å². The smallest absolute Gasteiger partial charge is 0.227 e. The lowest BCUT2D eigenvalue weighted by Gasteiger charge is -2.26. The molecule has 0 saturated carbocycles. The Balaban J connectivity index is 1.77. The lowest BCUT2D eigenvalue weighted by molar-refractivity contribution is -0.131. The van der Waals surface area contributed by atoms with Crippen LogP contribution in [0.25, 0.3) is 0 Å². The van der Waals surface area contributed by atoms with E-state index in [2.05, 4.69) is 10.3 Å². The topological polar surface area (TPSA) is 45.2 Å². The van der Waals surface area contributed by atoms with E-state index in [4.69, 9.17) is 0 Å². The van der Waals surface area contributed by atoms with Crippen LogP contribution >= 0.6 is 0 Å². The van der Waals surface area contributed by atoms with Crippen LogP contribution in [0.15, 0.2) is 48.8 Å². The van der Waals surface area contributed by atoms with E-state index in [-0.39, 0.29) is 5.91 Å². The maximum atomic E-state index is 12.4. The first kappa shape index (κ1) is 12.7. The minimum Gasteiger partial charge on any atom is -0.383 e.